The van der Waals surface area contributed by atoms with Gasteiger partial charge in [-0.3, -0.25) is 4.72 Å². The van der Waals surface area contributed by atoms with Crippen LogP contribution in [0.5, 0.6) is 5.75 Å². The highest BCUT2D eigenvalue weighted by molar-refractivity contribution is 7.93. The van der Waals surface area contributed by atoms with Crippen molar-refractivity contribution >= 4 is 21.5 Å². The summed E-state index contributed by atoms with van der Waals surface area (Å²) in [5.74, 6) is -3.56. The van der Waals surface area contributed by atoms with Crippen LogP contribution in [-0.4, -0.2) is 31.8 Å². The molecule has 1 aromatic rings. The highest BCUT2D eigenvalue weighted by Gasteiger charge is 2.23. The van der Waals surface area contributed by atoms with Gasteiger partial charge in [-0.1, -0.05) is 11.2 Å². The quantitative estimate of drug-likeness (QED) is 0.310. The molecule has 0 amide bonds. The minimum Gasteiger partial charge on any atom is -0.485 e. The number of ether oxygens (including phenoxy) is 1. The molecule has 7 nitrogen and oxygen atoms in total. The first kappa shape index (κ1) is 15.0. The fraction of sp³-hybridized carbons (Fsp3) is 0.222. The largest absolute Gasteiger partial charge is 0.485 e. The predicted molar refractivity (Wildman–Crippen MR) is 63.9 cm³/mol. The number of rotatable bonds is 6. The van der Waals surface area contributed by atoms with E-state index in [1.165, 1.54) is 24.3 Å². The number of hydrogen-bond acceptors (Lipinski definition) is 5. The molecule has 1 aromatic carbocycles. The van der Waals surface area contributed by atoms with Crippen molar-refractivity contribution in [1.82, 2.24) is 0 Å². The van der Waals surface area contributed by atoms with Crippen molar-refractivity contribution in [3.8, 4) is 5.75 Å². The van der Waals surface area contributed by atoms with E-state index in [0.29, 0.717) is 0 Å². The normalized spacial score (nSPS) is 12.5. The van der Waals surface area contributed by atoms with Crippen molar-refractivity contribution in [2.45, 2.75) is 5.76 Å². The van der Waals surface area contributed by atoms with Crippen LogP contribution in [0, 0.1) is 0 Å². The number of oxime groups is 1. The molecule has 10 heteroatoms. The highest BCUT2D eigenvalue weighted by atomic mass is 32.2. The number of nitrogens with zero attached hydrogens (tertiary/aromatic N) is 1. The molecule has 0 unspecified atom stereocenters. The first-order chi connectivity index (χ1) is 8.85. The number of alkyl halides is 2. The molecule has 0 bridgehead atoms. The average molecular weight is 295 g/mol. The monoisotopic (exact) mass is 295 g/mol. The van der Waals surface area contributed by atoms with E-state index in [0.717, 1.165) is 0 Å². The zero-order chi connectivity index (χ0) is 14.5. The van der Waals surface area contributed by atoms with Crippen molar-refractivity contribution in [2.24, 2.45) is 10.9 Å². The van der Waals surface area contributed by atoms with Gasteiger partial charge in [-0.25, -0.2) is 8.42 Å². The number of anilines is 1. The maximum atomic E-state index is 12.2. The summed E-state index contributed by atoms with van der Waals surface area (Å²) in [6.07, 6.45) is 0. The average Bonchev–Trinajstić information content (AvgIpc) is 2.35. The molecular weight excluding hydrogens is 284 g/mol. The topological polar surface area (TPSA) is 114 Å². The summed E-state index contributed by atoms with van der Waals surface area (Å²) in [6.45, 7) is -0.235. The summed E-state index contributed by atoms with van der Waals surface area (Å²) in [4.78, 5) is 0. The van der Waals surface area contributed by atoms with Crippen LogP contribution in [-0.2, 0) is 10.0 Å². The molecule has 4 N–H and O–H groups in total. The van der Waals surface area contributed by atoms with Crippen LogP contribution < -0.4 is 15.2 Å². The molecule has 0 aliphatic heterocycles. The van der Waals surface area contributed by atoms with Crippen molar-refractivity contribution in [2.75, 3.05) is 11.3 Å². The Labute approximate surface area is 107 Å². The van der Waals surface area contributed by atoms with Crippen LogP contribution >= 0.6 is 0 Å². The van der Waals surface area contributed by atoms with Crippen LogP contribution in [0.3, 0.4) is 0 Å². The fourth-order valence-electron chi connectivity index (χ4n) is 1.04. The van der Waals surface area contributed by atoms with E-state index in [1.54, 1.807) is 4.72 Å². The molecule has 0 radical (unpaired) electrons. The maximum Gasteiger partial charge on any atom is 0.355 e. The van der Waals surface area contributed by atoms with Gasteiger partial charge in [0.05, 0.1) is 5.69 Å². The summed E-state index contributed by atoms with van der Waals surface area (Å²) in [6, 6.07) is 5.30. The number of benzene rings is 1. The Morgan fingerprint density at radius 2 is 2.21 bits per heavy atom. The highest BCUT2D eigenvalue weighted by Crippen LogP contribution is 2.19. The van der Waals surface area contributed by atoms with Crippen LogP contribution in [0.2, 0.25) is 0 Å². The lowest BCUT2D eigenvalue weighted by molar-refractivity contribution is 0.236. The molecule has 0 aromatic heterocycles. The third kappa shape index (κ3) is 4.58. The number of nitrogens with one attached hydrogen (secondary N) is 1. The number of sulfonamides is 1. The third-order valence-electron chi connectivity index (χ3n) is 1.84. The van der Waals surface area contributed by atoms with E-state index in [-0.39, 0.29) is 23.9 Å². The zero-order valence-electron chi connectivity index (χ0n) is 9.45. The van der Waals surface area contributed by atoms with E-state index in [9.17, 15) is 17.2 Å². The Balaban J connectivity index is 2.78. The van der Waals surface area contributed by atoms with Crippen molar-refractivity contribution in [3.63, 3.8) is 0 Å². The van der Waals surface area contributed by atoms with Gasteiger partial charge in [0.25, 0.3) is 10.0 Å². The number of nitrogens with two attached hydrogens (primary N) is 1. The maximum absolute atomic E-state index is 12.2. The summed E-state index contributed by atoms with van der Waals surface area (Å²) in [5.41, 5.74) is 5.08. The standard InChI is InChI=1S/C9H11F2N3O4S/c10-9(11)19(16,17)14-6-2-1-3-7(4-6)18-5-8(12)13-15/h1-4,9,14-15H,5H2,(H2,12,13). The van der Waals surface area contributed by atoms with Gasteiger partial charge < -0.3 is 15.7 Å². The zero-order valence-corrected chi connectivity index (χ0v) is 10.3. The van der Waals surface area contributed by atoms with E-state index >= 15 is 0 Å². The van der Waals surface area contributed by atoms with E-state index in [1.807, 2.05) is 0 Å². The Kier molecular flexibility index (Phi) is 4.87. The third-order valence-corrected chi connectivity index (χ3v) is 2.83. The van der Waals surface area contributed by atoms with Gasteiger partial charge in [-0.05, 0) is 12.1 Å². The summed E-state index contributed by atoms with van der Waals surface area (Å²) in [7, 11) is -4.73. The first-order valence-corrected chi connectivity index (χ1v) is 6.39. The lowest BCUT2D eigenvalue weighted by atomic mass is 10.3. The van der Waals surface area contributed by atoms with Gasteiger partial charge in [0.1, 0.15) is 12.4 Å². The smallest absolute Gasteiger partial charge is 0.355 e. The Morgan fingerprint density at radius 3 is 2.79 bits per heavy atom. The molecule has 0 spiro atoms. The van der Waals surface area contributed by atoms with Gasteiger partial charge in [-0.15, -0.1) is 0 Å². The van der Waals surface area contributed by atoms with Crippen LogP contribution in [0.15, 0.2) is 29.4 Å². The molecule has 1 rings (SSSR count). The summed E-state index contributed by atoms with van der Waals surface area (Å²) >= 11 is 0. The van der Waals surface area contributed by atoms with Crippen LogP contribution in [0.25, 0.3) is 0 Å². The number of amidine groups is 1. The SMILES string of the molecule is N/C(COc1cccc(NS(=O)(=O)C(F)F)c1)=N\O. The Bertz CT molecular complexity index is 562. The minimum absolute atomic E-state index is 0.0858. The van der Waals surface area contributed by atoms with Crippen molar-refractivity contribution < 1.29 is 27.1 Å². The first-order valence-electron chi connectivity index (χ1n) is 4.84. The van der Waals surface area contributed by atoms with Gasteiger partial charge in [0.15, 0.2) is 5.84 Å². The molecule has 0 saturated heterocycles. The summed E-state index contributed by atoms with van der Waals surface area (Å²) < 4.78 is 52.9. The molecular formula is C9H11F2N3O4S. The molecule has 0 fully saturated rings. The van der Waals surface area contributed by atoms with Crippen LogP contribution in [0.4, 0.5) is 14.5 Å². The van der Waals surface area contributed by atoms with E-state index in [2.05, 4.69) is 5.16 Å². The molecule has 0 aliphatic carbocycles. The van der Waals surface area contributed by atoms with E-state index < -0.39 is 15.8 Å². The molecule has 0 atom stereocenters. The lowest BCUT2D eigenvalue weighted by Crippen LogP contribution is -2.21. The predicted octanol–water partition coefficient (Wildman–Crippen LogP) is 0.776. The van der Waals surface area contributed by atoms with E-state index in [4.69, 9.17) is 15.7 Å². The van der Waals surface area contributed by atoms with Gasteiger partial charge in [0, 0.05) is 6.07 Å². The lowest BCUT2D eigenvalue weighted by Gasteiger charge is -2.09. The van der Waals surface area contributed by atoms with Gasteiger partial charge in [0.2, 0.25) is 0 Å². The van der Waals surface area contributed by atoms with Crippen LogP contribution in [0.1, 0.15) is 0 Å². The van der Waals surface area contributed by atoms with Gasteiger partial charge >= 0.3 is 5.76 Å². The molecule has 0 saturated carbocycles. The van der Waals surface area contributed by atoms with Crippen molar-refractivity contribution in [3.05, 3.63) is 24.3 Å². The second kappa shape index (κ2) is 6.18. The Hall–Kier alpha value is -2.10. The molecule has 0 aliphatic rings. The fourth-order valence-corrected chi connectivity index (χ4v) is 1.59. The number of halogens is 2. The Morgan fingerprint density at radius 1 is 1.53 bits per heavy atom. The number of hydrogen-bond donors (Lipinski definition) is 3. The molecule has 106 valence electrons. The second-order valence-electron chi connectivity index (χ2n) is 3.32. The van der Waals surface area contributed by atoms with Crippen molar-refractivity contribution in [1.29, 1.82) is 0 Å². The molecule has 19 heavy (non-hydrogen) atoms. The minimum atomic E-state index is -4.73. The van der Waals surface area contributed by atoms with Gasteiger partial charge in [-0.2, -0.15) is 8.78 Å². The summed E-state index contributed by atoms with van der Waals surface area (Å²) in [5, 5.41) is 11.0. The second-order valence-corrected chi connectivity index (χ2v) is 4.97. The molecule has 0 heterocycles.